The topological polar surface area (TPSA) is 20.3 Å². The minimum absolute atomic E-state index is 0.249. The molecule has 1 heterocycles. The van der Waals surface area contributed by atoms with Crippen molar-refractivity contribution in [2.75, 3.05) is 4.90 Å². The van der Waals surface area contributed by atoms with E-state index in [1.165, 1.54) is 11.1 Å². The van der Waals surface area contributed by atoms with Crippen LogP contribution in [0.5, 0.6) is 0 Å². The number of hydrogen-bond acceptors (Lipinski definition) is 1. The van der Waals surface area contributed by atoms with Crippen molar-refractivity contribution < 1.29 is 4.79 Å². The summed E-state index contributed by atoms with van der Waals surface area (Å²) in [6, 6.07) is 6.77. The zero-order valence-electron chi connectivity index (χ0n) is 10.3. The second kappa shape index (κ2) is 4.28. The van der Waals surface area contributed by atoms with Crippen LogP contribution in [0.25, 0.3) is 0 Å². The van der Waals surface area contributed by atoms with Gasteiger partial charge in [0, 0.05) is 18.2 Å². The van der Waals surface area contributed by atoms with E-state index in [0.717, 1.165) is 18.5 Å². The molecule has 2 rings (SSSR count). The van der Waals surface area contributed by atoms with Gasteiger partial charge in [0.1, 0.15) is 0 Å². The molecule has 0 spiro atoms. The second-order valence-corrected chi connectivity index (χ2v) is 4.67. The molecule has 0 bridgehead atoms. The number of rotatable bonds is 2. The molecule has 1 aliphatic rings. The Bertz CT molecular complexity index is 409. The summed E-state index contributed by atoms with van der Waals surface area (Å²) in [6.07, 6.45) is 2.56. The Morgan fingerprint density at radius 2 is 2.06 bits per heavy atom. The number of benzene rings is 1. The van der Waals surface area contributed by atoms with Gasteiger partial charge in [0.2, 0.25) is 5.91 Å². The number of carbonyl (C=O) groups is 1. The molecule has 0 atom stereocenters. The molecule has 0 saturated carbocycles. The summed E-state index contributed by atoms with van der Waals surface area (Å²) in [6.45, 7) is 6.29. The maximum atomic E-state index is 11.9. The summed E-state index contributed by atoms with van der Waals surface area (Å²) >= 11 is 0. The lowest BCUT2D eigenvalue weighted by atomic mass is 9.97. The van der Waals surface area contributed by atoms with Gasteiger partial charge >= 0.3 is 0 Å². The second-order valence-electron chi connectivity index (χ2n) is 4.67. The number of amides is 1. The van der Waals surface area contributed by atoms with E-state index >= 15 is 0 Å². The van der Waals surface area contributed by atoms with Gasteiger partial charge < -0.3 is 4.90 Å². The molecule has 86 valence electrons. The number of aryl methyl sites for hydroxylation is 2. The molecule has 0 fully saturated rings. The Kier molecular flexibility index (Phi) is 2.99. The van der Waals surface area contributed by atoms with Crippen LogP contribution < -0.4 is 4.90 Å². The van der Waals surface area contributed by atoms with Crippen molar-refractivity contribution in [3.05, 3.63) is 29.3 Å². The molecule has 1 amide bonds. The average molecular weight is 217 g/mol. The molecular formula is C14H19NO. The predicted molar refractivity (Wildman–Crippen MR) is 66.8 cm³/mol. The summed E-state index contributed by atoms with van der Waals surface area (Å²) in [5.74, 6) is 0.260. The standard InChI is InChI=1S/C14H19NO/c1-4-11-5-6-12-7-8-14(16)15(10(2)3)13(12)9-11/h5-6,9-10H,4,7-8H2,1-3H3. The minimum Gasteiger partial charge on any atom is -0.310 e. The van der Waals surface area contributed by atoms with Crippen LogP contribution in [0.3, 0.4) is 0 Å². The van der Waals surface area contributed by atoms with Crippen molar-refractivity contribution in [1.82, 2.24) is 0 Å². The smallest absolute Gasteiger partial charge is 0.227 e. The SMILES string of the molecule is CCc1ccc2c(c1)N(C(C)C)C(=O)CC2. The fourth-order valence-electron chi connectivity index (χ4n) is 2.33. The van der Waals surface area contributed by atoms with Gasteiger partial charge in [0.25, 0.3) is 0 Å². The van der Waals surface area contributed by atoms with Crippen LogP contribution in [0.1, 0.15) is 38.3 Å². The minimum atomic E-state index is 0.249. The van der Waals surface area contributed by atoms with Gasteiger partial charge in [-0.05, 0) is 43.9 Å². The van der Waals surface area contributed by atoms with E-state index in [1.807, 2.05) is 4.90 Å². The Morgan fingerprint density at radius 3 is 2.69 bits per heavy atom. The number of anilines is 1. The van der Waals surface area contributed by atoms with E-state index in [1.54, 1.807) is 0 Å². The van der Waals surface area contributed by atoms with E-state index in [2.05, 4.69) is 39.0 Å². The van der Waals surface area contributed by atoms with Crippen LogP contribution in [0.2, 0.25) is 0 Å². The van der Waals surface area contributed by atoms with Gasteiger partial charge in [-0.1, -0.05) is 19.1 Å². The molecule has 0 N–H and O–H groups in total. The van der Waals surface area contributed by atoms with Gasteiger partial charge in [0.15, 0.2) is 0 Å². The van der Waals surface area contributed by atoms with Gasteiger partial charge in [-0.3, -0.25) is 4.79 Å². The highest BCUT2D eigenvalue weighted by molar-refractivity contribution is 5.96. The van der Waals surface area contributed by atoms with Gasteiger partial charge in [-0.15, -0.1) is 0 Å². The van der Waals surface area contributed by atoms with Crippen LogP contribution in [0.4, 0.5) is 5.69 Å². The zero-order chi connectivity index (χ0) is 11.7. The molecule has 2 heteroatoms. The molecule has 0 unspecified atom stereocenters. The predicted octanol–water partition coefficient (Wildman–Crippen LogP) is 2.94. The summed E-state index contributed by atoms with van der Waals surface area (Å²) in [5.41, 5.74) is 3.75. The summed E-state index contributed by atoms with van der Waals surface area (Å²) in [4.78, 5) is 13.9. The zero-order valence-corrected chi connectivity index (χ0v) is 10.3. The molecule has 0 aromatic heterocycles. The first kappa shape index (κ1) is 11.2. The monoisotopic (exact) mass is 217 g/mol. The van der Waals surface area contributed by atoms with E-state index in [-0.39, 0.29) is 11.9 Å². The first-order chi connectivity index (χ1) is 7.63. The van der Waals surface area contributed by atoms with Gasteiger partial charge in [-0.2, -0.15) is 0 Å². The van der Waals surface area contributed by atoms with Crippen LogP contribution in [0, 0.1) is 0 Å². The summed E-state index contributed by atoms with van der Waals surface area (Å²) in [7, 11) is 0. The maximum absolute atomic E-state index is 11.9. The number of hydrogen-bond donors (Lipinski definition) is 0. The third-order valence-corrected chi connectivity index (χ3v) is 3.21. The van der Waals surface area contributed by atoms with Crippen molar-refractivity contribution in [3.8, 4) is 0 Å². The van der Waals surface area contributed by atoms with Crippen LogP contribution >= 0.6 is 0 Å². The van der Waals surface area contributed by atoms with Crippen molar-refractivity contribution in [1.29, 1.82) is 0 Å². The first-order valence-corrected chi connectivity index (χ1v) is 6.07. The fraction of sp³-hybridized carbons (Fsp3) is 0.500. The Morgan fingerprint density at radius 1 is 1.31 bits per heavy atom. The van der Waals surface area contributed by atoms with Gasteiger partial charge in [-0.25, -0.2) is 0 Å². The third-order valence-electron chi connectivity index (χ3n) is 3.21. The Labute approximate surface area is 97.3 Å². The Balaban J connectivity index is 2.48. The van der Waals surface area contributed by atoms with E-state index in [0.29, 0.717) is 6.42 Å². The van der Waals surface area contributed by atoms with Crippen LogP contribution in [-0.2, 0) is 17.6 Å². The molecule has 16 heavy (non-hydrogen) atoms. The van der Waals surface area contributed by atoms with E-state index < -0.39 is 0 Å². The first-order valence-electron chi connectivity index (χ1n) is 6.07. The molecule has 1 aromatic carbocycles. The van der Waals surface area contributed by atoms with Crippen molar-refractivity contribution >= 4 is 11.6 Å². The number of carbonyl (C=O) groups excluding carboxylic acids is 1. The highest BCUT2D eigenvalue weighted by Crippen LogP contribution is 2.30. The molecule has 0 radical (unpaired) electrons. The molecule has 0 aliphatic carbocycles. The average Bonchev–Trinajstić information content (AvgIpc) is 2.27. The number of fused-ring (bicyclic) bond motifs is 1. The van der Waals surface area contributed by atoms with Crippen LogP contribution in [0.15, 0.2) is 18.2 Å². The van der Waals surface area contributed by atoms with E-state index in [4.69, 9.17) is 0 Å². The Hall–Kier alpha value is -1.31. The van der Waals surface area contributed by atoms with Gasteiger partial charge in [0.05, 0.1) is 0 Å². The molecule has 1 aliphatic heterocycles. The van der Waals surface area contributed by atoms with Crippen molar-refractivity contribution in [3.63, 3.8) is 0 Å². The van der Waals surface area contributed by atoms with Crippen molar-refractivity contribution in [2.24, 2.45) is 0 Å². The third kappa shape index (κ3) is 1.84. The highest BCUT2D eigenvalue weighted by atomic mass is 16.2. The lowest BCUT2D eigenvalue weighted by molar-refractivity contribution is -0.119. The highest BCUT2D eigenvalue weighted by Gasteiger charge is 2.25. The lowest BCUT2D eigenvalue weighted by Gasteiger charge is -2.33. The largest absolute Gasteiger partial charge is 0.310 e. The number of nitrogens with zero attached hydrogens (tertiary/aromatic N) is 1. The molecule has 0 saturated heterocycles. The quantitative estimate of drug-likeness (QED) is 0.746. The summed E-state index contributed by atoms with van der Waals surface area (Å²) < 4.78 is 0. The maximum Gasteiger partial charge on any atom is 0.227 e. The lowest BCUT2D eigenvalue weighted by Crippen LogP contribution is -2.40. The van der Waals surface area contributed by atoms with Crippen molar-refractivity contribution in [2.45, 2.75) is 46.1 Å². The van der Waals surface area contributed by atoms with E-state index in [9.17, 15) is 4.79 Å². The normalized spacial score (nSPS) is 15.5. The van der Waals surface area contributed by atoms with Crippen LogP contribution in [-0.4, -0.2) is 11.9 Å². The molecule has 2 nitrogen and oxygen atoms in total. The molecular weight excluding hydrogens is 198 g/mol. The fourth-order valence-corrected chi connectivity index (χ4v) is 2.33. The molecule has 1 aromatic rings. The summed E-state index contributed by atoms with van der Waals surface area (Å²) in [5, 5.41) is 0.